The standard InChI is InChI=1S/C12H13ClN2O2S/c1-15(7-3-6-14)12(16)9-18(17)11-5-2-4-10(13)8-11/h2,4-5,8H,3,7,9H2,1H3. The first-order valence-corrected chi connectivity index (χ1v) is 6.99. The number of nitriles is 1. The average molecular weight is 285 g/mol. The lowest BCUT2D eigenvalue weighted by Crippen LogP contribution is -2.31. The lowest BCUT2D eigenvalue weighted by Gasteiger charge is -2.14. The molecule has 0 N–H and O–H groups in total. The number of amides is 1. The van der Waals surface area contributed by atoms with Crippen molar-refractivity contribution < 1.29 is 9.00 Å². The molecule has 18 heavy (non-hydrogen) atoms. The molecule has 0 saturated heterocycles. The summed E-state index contributed by atoms with van der Waals surface area (Å²) in [6.07, 6.45) is 0.270. The number of carbonyl (C=O) groups excluding carboxylic acids is 1. The van der Waals surface area contributed by atoms with Gasteiger partial charge in [0, 0.05) is 23.5 Å². The fourth-order valence-electron chi connectivity index (χ4n) is 1.26. The molecule has 1 rings (SSSR count). The third-order valence-corrected chi connectivity index (χ3v) is 3.82. The molecule has 0 saturated carbocycles. The summed E-state index contributed by atoms with van der Waals surface area (Å²) < 4.78 is 11.9. The van der Waals surface area contributed by atoms with Crippen molar-refractivity contribution in [2.45, 2.75) is 11.3 Å². The molecule has 1 aromatic rings. The monoisotopic (exact) mass is 284 g/mol. The van der Waals surface area contributed by atoms with E-state index in [0.29, 0.717) is 16.5 Å². The highest BCUT2D eigenvalue weighted by molar-refractivity contribution is 7.85. The number of rotatable bonds is 5. The topological polar surface area (TPSA) is 61.2 Å². The third-order valence-electron chi connectivity index (χ3n) is 2.30. The highest BCUT2D eigenvalue weighted by Gasteiger charge is 2.14. The normalized spacial score (nSPS) is 11.6. The van der Waals surface area contributed by atoms with Gasteiger partial charge in [-0.3, -0.25) is 9.00 Å². The molecule has 6 heteroatoms. The van der Waals surface area contributed by atoms with E-state index >= 15 is 0 Å². The SMILES string of the molecule is CN(CCC#N)C(=O)CS(=O)c1cccc(Cl)c1. The number of carbonyl (C=O) groups is 1. The van der Waals surface area contributed by atoms with Gasteiger partial charge in [0.2, 0.25) is 5.91 Å². The van der Waals surface area contributed by atoms with Crippen molar-refractivity contribution in [1.29, 1.82) is 5.26 Å². The Kier molecular flexibility index (Phi) is 5.83. The summed E-state index contributed by atoms with van der Waals surface area (Å²) in [5.74, 6) is -0.342. The summed E-state index contributed by atoms with van der Waals surface area (Å²) in [4.78, 5) is 13.6. The number of hydrogen-bond donors (Lipinski definition) is 0. The van der Waals surface area contributed by atoms with Crippen molar-refractivity contribution in [2.24, 2.45) is 0 Å². The van der Waals surface area contributed by atoms with Crippen molar-refractivity contribution in [3.05, 3.63) is 29.3 Å². The summed E-state index contributed by atoms with van der Waals surface area (Å²) in [5, 5.41) is 8.92. The second-order valence-electron chi connectivity index (χ2n) is 3.67. The van der Waals surface area contributed by atoms with Crippen molar-refractivity contribution >= 4 is 28.3 Å². The molecule has 0 aliphatic carbocycles. The van der Waals surface area contributed by atoms with E-state index < -0.39 is 10.8 Å². The quantitative estimate of drug-likeness (QED) is 0.828. The van der Waals surface area contributed by atoms with E-state index in [-0.39, 0.29) is 18.1 Å². The predicted octanol–water partition coefficient (Wildman–Crippen LogP) is 1.82. The molecular weight excluding hydrogens is 272 g/mol. The molecule has 0 spiro atoms. The Morgan fingerprint density at radius 1 is 1.56 bits per heavy atom. The van der Waals surface area contributed by atoms with Crippen LogP contribution in [0.5, 0.6) is 0 Å². The number of nitrogens with zero attached hydrogens (tertiary/aromatic N) is 2. The molecule has 96 valence electrons. The maximum Gasteiger partial charge on any atom is 0.235 e. The van der Waals surface area contributed by atoms with Gasteiger partial charge in [0.15, 0.2) is 0 Å². The van der Waals surface area contributed by atoms with Gasteiger partial charge < -0.3 is 4.90 Å². The molecule has 0 bridgehead atoms. The molecule has 0 aromatic heterocycles. The Hall–Kier alpha value is -1.38. The molecule has 0 aliphatic heterocycles. The van der Waals surface area contributed by atoms with Gasteiger partial charge in [-0.2, -0.15) is 5.26 Å². The molecule has 0 aliphatic rings. The molecule has 1 unspecified atom stereocenters. The van der Waals surface area contributed by atoms with E-state index in [4.69, 9.17) is 16.9 Å². The van der Waals surface area contributed by atoms with Gasteiger partial charge in [0.1, 0.15) is 5.75 Å². The zero-order valence-corrected chi connectivity index (χ0v) is 11.5. The van der Waals surface area contributed by atoms with E-state index in [1.807, 2.05) is 6.07 Å². The molecule has 1 amide bonds. The van der Waals surface area contributed by atoms with Crippen LogP contribution in [0.2, 0.25) is 5.02 Å². The summed E-state index contributed by atoms with van der Waals surface area (Å²) in [7, 11) is 0.184. The minimum absolute atomic E-state index is 0.0950. The lowest BCUT2D eigenvalue weighted by atomic mass is 10.4. The number of hydrogen-bond acceptors (Lipinski definition) is 3. The molecular formula is C12H13ClN2O2S. The van der Waals surface area contributed by atoms with Crippen molar-refractivity contribution in [3.63, 3.8) is 0 Å². The highest BCUT2D eigenvalue weighted by Crippen LogP contribution is 2.14. The maximum absolute atomic E-state index is 11.9. The van der Waals surface area contributed by atoms with Gasteiger partial charge in [-0.1, -0.05) is 17.7 Å². The summed E-state index contributed by atoms with van der Waals surface area (Å²) in [6, 6.07) is 8.59. The summed E-state index contributed by atoms with van der Waals surface area (Å²) in [6.45, 7) is 0.349. The van der Waals surface area contributed by atoms with E-state index in [0.717, 1.165) is 0 Å². The van der Waals surface area contributed by atoms with Crippen LogP contribution in [0.3, 0.4) is 0 Å². The Morgan fingerprint density at radius 2 is 2.28 bits per heavy atom. The van der Waals surface area contributed by atoms with E-state index in [1.54, 1.807) is 31.3 Å². The third kappa shape index (κ3) is 4.47. The van der Waals surface area contributed by atoms with Crippen LogP contribution >= 0.6 is 11.6 Å². The molecule has 0 fully saturated rings. The number of benzene rings is 1. The maximum atomic E-state index is 11.9. The van der Waals surface area contributed by atoms with Crippen LogP contribution in [0.25, 0.3) is 0 Å². The van der Waals surface area contributed by atoms with Gasteiger partial charge in [0.05, 0.1) is 23.3 Å². The van der Waals surface area contributed by atoms with E-state index in [1.165, 1.54) is 4.90 Å². The molecule has 1 aromatic carbocycles. The van der Waals surface area contributed by atoms with Crippen molar-refractivity contribution in [1.82, 2.24) is 4.90 Å². The molecule has 0 heterocycles. The Labute approximate surface area is 114 Å². The van der Waals surface area contributed by atoms with Crippen LogP contribution in [0.4, 0.5) is 0 Å². The predicted molar refractivity (Wildman–Crippen MR) is 70.6 cm³/mol. The van der Waals surface area contributed by atoms with Gasteiger partial charge in [0.25, 0.3) is 0 Å². The Morgan fingerprint density at radius 3 is 2.89 bits per heavy atom. The second kappa shape index (κ2) is 7.14. The van der Waals surface area contributed by atoms with Crippen molar-refractivity contribution in [2.75, 3.05) is 19.3 Å². The van der Waals surface area contributed by atoms with Gasteiger partial charge in [-0.05, 0) is 18.2 Å². The number of halogens is 1. The molecule has 1 atom stereocenters. The zero-order valence-electron chi connectivity index (χ0n) is 9.93. The Balaban J connectivity index is 2.60. The van der Waals surface area contributed by atoms with Crippen LogP contribution in [-0.2, 0) is 15.6 Å². The first-order chi connectivity index (χ1) is 8.54. The van der Waals surface area contributed by atoms with Gasteiger partial charge in [-0.25, -0.2) is 0 Å². The molecule has 4 nitrogen and oxygen atoms in total. The van der Waals surface area contributed by atoms with Gasteiger partial charge >= 0.3 is 0 Å². The van der Waals surface area contributed by atoms with Crippen LogP contribution in [-0.4, -0.2) is 34.4 Å². The van der Waals surface area contributed by atoms with Crippen LogP contribution in [0.15, 0.2) is 29.2 Å². The lowest BCUT2D eigenvalue weighted by molar-refractivity contribution is -0.127. The first-order valence-electron chi connectivity index (χ1n) is 5.29. The summed E-state index contributed by atoms with van der Waals surface area (Å²) in [5.41, 5.74) is 0. The fourth-order valence-corrected chi connectivity index (χ4v) is 2.61. The van der Waals surface area contributed by atoms with Gasteiger partial charge in [-0.15, -0.1) is 0 Å². The van der Waals surface area contributed by atoms with Crippen LogP contribution in [0, 0.1) is 11.3 Å². The van der Waals surface area contributed by atoms with Crippen molar-refractivity contribution in [3.8, 4) is 6.07 Å². The Bertz CT molecular complexity index is 499. The van der Waals surface area contributed by atoms with E-state index in [2.05, 4.69) is 0 Å². The first kappa shape index (κ1) is 14.7. The second-order valence-corrected chi connectivity index (χ2v) is 5.56. The largest absolute Gasteiger partial charge is 0.344 e. The smallest absolute Gasteiger partial charge is 0.235 e. The summed E-state index contributed by atoms with van der Waals surface area (Å²) >= 11 is 5.79. The fraction of sp³-hybridized carbons (Fsp3) is 0.333. The minimum Gasteiger partial charge on any atom is -0.344 e. The zero-order chi connectivity index (χ0) is 13.5. The minimum atomic E-state index is -1.41. The van der Waals surface area contributed by atoms with Crippen LogP contribution in [0.1, 0.15) is 6.42 Å². The van der Waals surface area contributed by atoms with Crippen LogP contribution < -0.4 is 0 Å². The average Bonchev–Trinajstić information content (AvgIpc) is 2.35. The highest BCUT2D eigenvalue weighted by atomic mass is 35.5. The van der Waals surface area contributed by atoms with E-state index in [9.17, 15) is 9.00 Å². The molecule has 0 radical (unpaired) electrons.